The quantitative estimate of drug-likeness (QED) is 0.598. The fourth-order valence-corrected chi connectivity index (χ4v) is 4.17. The van der Waals surface area contributed by atoms with Crippen LogP contribution < -0.4 is 15.4 Å². The Labute approximate surface area is 181 Å². The van der Waals surface area contributed by atoms with E-state index in [1.807, 2.05) is 16.7 Å². The molecular formula is C21H21F3N6O2. The predicted octanol–water partition coefficient (Wildman–Crippen LogP) is 2.21. The maximum Gasteiger partial charge on any atom is 0.417 e. The first kappa shape index (κ1) is 20.7. The first-order valence-electron chi connectivity index (χ1n) is 10.3. The van der Waals surface area contributed by atoms with E-state index in [1.165, 1.54) is 4.52 Å². The minimum atomic E-state index is -4.45. The Hall–Kier alpha value is -3.21. The third-order valence-electron chi connectivity index (χ3n) is 5.86. The van der Waals surface area contributed by atoms with Gasteiger partial charge in [0.15, 0.2) is 11.5 Å². The summed E-state index contributed by atoms with van der Waals surface area (Å²) in [5.74, 6) is 0.545. The molecule has 168 valence electrons. The van der Waals surface area contributed by atoms with Crippen LogP contribution >= 0.6 is 0 Å². The van der Waals surface area contributed by atoms with Crippen LogP contribution in [0.3, 0.4) is 0 Å². The predicted molar refractivity (Wildman–Crippen MR) is 111 cm³/mol. The first-order chi connectivity index (χ1) is 15.3. The van der Waals surface area contributed by atoms with Crippen molar-refractivity contribution < 1.29 is 17.9 Å². The number of hydrogen-bond donors (Lipinski definition) is 0. The molecule has 1 saturated heterocycles. The molecule has 1 fully saturated rings. The summed E-state index contributed by atoms with van der Waals surface area (Å²) in [6.07, 6.45) is -1.51. The van der Waals surface area contributed by atoms with E-state index in [0.29, 0.717) is 67.7 Å². The number of hydrogen-bond acceptors (Lipinski definition) is 7. The lowest BCUT2D eigenvalue weighted by Gasteiger charge is -2.31. The molecule has 0 radical (unpaired) electrons. The number of fused-ring (bicyclic) bond motifs is 2. The van der Waals surface area contributed by atoms with Gasteiger partial charge < -0.3 is 14.5 Å². The van der Waals surface area contributed by atoms with E-state index in [0.717, 1.165) is 17.8 Å². The van der Waals surface area contributed by atoms with Crippen LogP contribution in [0.4, 0.5) is 24.7 Å². The summed E-state index contributed by atoms with van der Waals surface area (Å²) >= 11 is 0. The van der Waals surface area contributed by atoms with Crippen molar-refractivity contribution >= 4 is 17.2 Å². The van der Waals surface area contributed by atoms with Gasteiger partial charge in [0.2, 0.25) is 0 Å². The van der Waals surface area contributed by atoms with Gasteiger partial charge in [0, 0.05) is 44.5 Å². The minimum absolute atomic E-state index is 0.233. The number of aromatic nitrogens is 4. The van der Waals surface area contributed by atoms with Crippen LogP contribution in [-0.2, 0) is 23.9 Å². The second kappa shape index (κ2) is 7.73. The summed E-state index contributed by atoms with van der Waals surface area (Å²) < 4.78 is 46.0. The normalized spacial score (nSPS) is 17.0. The Morgan fingerprint density at radius 2 is 1.81 bits per heavy atom. The molecule has 3 aromatic rings. The van der Waals surface area contributed by atoms with E-state index in [-0.39, 0.29) is 12.1 Å². The number of morpholine rings is 1. The Kier molecular flexibility index (Phi) is 5.00. The molecular weight excluding hydrogens is 425 g/mol. The highest BCUT2D eigenvalue weighted by Gasteiger charge is 2.32. The van der Waals surface area contributed by atoms with Crippen molar-refractivity contribution in [1.29, 1.82) is 0 Å². The van der Waals surface area contributed by atoms with Gasteiger partial charge in [-0.05, 0) is 30.2 Å². The molecule has 0 aromatic carbocycles. The van der Waals surface area contributed by atoms with Gasteiger partial charge in [0.25, 0.3) is 5.56 Å². The molecule has 8 nitrogen and oxygen atoms in total. The molecule has 2 aliphatic rings. The van der Waals surface area contributed by atoms with Crippen molar-refractivity contribution in [2.75, 3.05) is 42.6 Å². The van der Waals surface area contributed by atoms with Crippen LogP contribution in [0, 0.1) is 6.92 Å². The third-order valence-corrected chi connectivity index (χ3v) is 5.86. The zero-order valence-electron chi connectivity index (χ0n) is 17.4. The van der Waals surface area contributed by atoms with Crippen molar-refractivity contribution in [2.45, 2.75) is 26.1 Å². The second-order valence-corrected chi connectivity index (χ2v) is 7.97. The number of pyridine rings is 1. The molecule has 5 rings (SSSR count). The lowest BCUT2D eigenvalue weighted by Crippen LogP contribution is -2.40. The lowest BCUT2D eigenvalue weighted by molar-refractivity contribution is -0.137. The number of anilines is 2. The van der Waals surface area contributed by atoms with Gasteiger partial charge >= 0.3 is 6.18 Å². The van der Waals surface area contributed by atoms with Crippen LogP contribution in [-0.4, -0.2) is 52.4 Å². The minimum Gasteiger partial charge on any atom is -0.378 e. The Morgan fingerprint density at radius 3 is 2.56 bits per heavy atom. The van der Waals surface area contributed by atoms with Crippen molar-refractivity contribution in [3.8, 4) is 0 Å². The first-order valence-corrected chi connectivity index (χ1v) is 10.3. The monoisotopic (exact) mass is 446 g/mol. The SMILES string of the molecule is Cc1cc2ncc(N3CCOCC3)c(=O)n2nc1N1CCc2ncc(C(F)(F)F)cc2C1. The lowest BCUT2D eigenvalue weighted by atomic mass is 10.0. The average molecular weight is 446 g/mol. The summed E-state index contributed by atoms with van der Waals surface area (Å²) in [6, 6.07) is 2.92. The van der Waals surface area contributed by atoms with E-state index in [2.05, 4.69) is 15.1 Å². The fraction of sp³-hybridized carbons (Fsp3) is 0.429. The van der Waals surface area contributed by atoms with Gasteiger partial charge in [0.1, 0.15) is 5.69 Å². The van der Waals surface area contributed by atoms with Crippen molar-refractivity contribution in [1.82, 2.24) is 19.6 Å². The van der Waals surface area contributed by atoms with Crippen LogP contribution in [0.25, 0.3) is 5.65 Å². The molecule has 11 heteroatoms. The van der Waals surface area contributed by atoms with Gasteiger partial charge in [-0.3, -0.25) is 9.78 Å². The second-order valence-electron chi connectivity index (χ2n) is 7.97. The van der Waals surface area contributed by atoms with E-state index in [4.69, 9.17) is 4.74 Å². The highest BCUT2D eigenvalue weighted by atomic mass is 19.4. The molecule has 0 aliphatic carbocycles. The molecule has 0 unspecified atom stereocenters. The smallest absolute Gasteiger partial charge is 0.378 e. The molecule has 0 N–H and O–H groups in total. The van der Waals surface area contributed by atoms with Crippen LogP contribution in [0.2, 0.25) is 0 Å². The van der Waals surface area contributed by atoms with Gasteiger partial charge in [-0.2, -0.15) is 17.7 Å². The molecule has 0 spiro atoms. The van der Waals surface area contributed by atoms with Gasteiger partial charge in [0.05, 0.1) is 25.0 Å². The molecule has 5 heterocycles. The van der Waals surface area contributed by atoms with Gasteiger partial charge in [-0.25, -0.2) is 4.98 Å². The van der Waals surface area contributed by atoms with Crippen LogP contribution in [0.5, 0.6) is 0 Å². The number of halogens is 3. The molecule has 2 aliphatic heterocycles. The highest BCUT2D eigenvalue weighted by Crippen LogP contribution is 2.32. The van der Waals surface area contributed by atoms with Crippen molar-refractivity contribution in [3.05, 3.63) is 57.3 Å². The summed E-state index contributed by atoms with van der Waals surface area (Å²) in [5.41, 5.74) is 1.79. The van der Waals surface area contributed by atoms with E-state index in [1.54, 1.807) is 12.3 Å². The van der Waals surface area contributed by atoms with Gasteiger partial charge in [-0.15, -0.1) is 5.10 Å². The molecule has 0 atom stereocenters. The Balaban J connectivity index is 1.52. The Bertz CT molecular complexity index is 1240. The molecule has 0 saturated carbocycles. The fourth-order valence-electron chi connectivity index (χ4n) is 4.17. The third kappa shape index (κ3) is 3.66. The number of ether oxygens (including phenoxy) is 1. The summed E-state index contributed by atoms with van der Waals surface area (Å²) in [7, 11) is 0. The summed E-state index contributed by atoms with van der Waals surface area (Å²) in [5, 5.41) is 4.56. The van der Waals surface area contributed by atoms with Gasteiger partial charge in [-0.1, -0.05) is 0 Å². The zero-order valence-corrected chi connectivity index (χ0v) is 17.4. The standard InChI is InChI=1S/C21H21F3N6O2/c1-13-8-18-26-11-17(28-4-6-32-7-5-28)20(31)30(18)27-19(13)29-3-2-16-14(12-29)9-15(10-25-16)21(22,23)24/h8-11H,2-7,12H2,1H3. The molecule has 0 amide bonds. The van der Waals surface area contributed by atoms with Crippen molar-refractivity contribution in [2.24, 2.45) is 0 Å². The van der Waals surface area contributed by atoms with E-state index < -0.39 is 11.7 Å². The average Bonchev–Trinajstić information content (AvgIpc) is 2.78. The van der Waals surface area contributed by atoms with E-state index >= 15 is 0 Å². The number of aryl methyl sites for hydroxylation is 1. The number of nitrogens with zero attached hydrogens (tertiary/aromatic N) is 6. The molecule has 3 aromatic heterocycles. The number of alkyl halides is 3. The van der Waals surface area contributed by atoms with Crippen molar-refractivity contribution in [3.63, 3.8) is 0 Å². The summed E-state index contributed by atoms with van der Waals surface area (Å²) in [6.45, 7) is 4.89. The highest BCUT2D eigenvalue weighted by molar-refractivity contribution is 5.56. The Morgan fingerprint density at radius 1 is 1.03 bits per heavy atom. The maximum atomic E-state index is 13.2. The molecule has 32 heavy (non-hydrogen) atoms. The van der Waals surface area contributed by atoms with Crippen LogP contribution in [0.1, 0.15) is 22.4 Å². The summed E-state index contributed by atoms with van der Waals surface area (Å²) in [4.78, 5) is 25.4. The van der Waals surface area contributed by atoms with Crippen LogP contribution in [0.15, 0.2) is 29.3 Å². The maximum absolute atomic E-state index is 13.2. The topological polar surface area (TPSA) is 75.9 Å². The number of rotatable bonds is 2. The largest absolute Gasteiger partial charge is 0.417 e. The molecule has 0 bridgehead atoms. The zero-order chi connectivity index (χ0) is 22.5. The van der Waals surface area contributed by atoms with E-state index in [9.17, 15) is 18.0 Å².